The number of carbonyl (C=O) groups is 1. The minimum atomic E-state index is -1.59. The first-order valence-electron chi connectivity index (χ1n) is 6.55. The zero-order valence-electron chi connectivity index (χ0n) is 11.4. The van der Waals surface area contributed by atoms with Crippen molar-refractivity contribution in [1.29, 1.82) is 0 Å². The van der Waals surface area contributed by atoms with Gasteiger partial charge in [-0.15, -0.1) is 6.58 Å². The van der Waals surface area contributed by atoms with Crippen LogP contribution >= 0.6 is 0 Å². The molecule has 114 valence electrons. The lowest BCUT2D eigenvalue weighted by molar-refractivity contribution is 0.155. The highest BCUT2D eigenvalue weighted by Gasteiger charge is 2.22. The van der Waals surface area contributed by atoms with Gasteiger partial charge in [0.25, 0.3) is 0 Å². The van der Waals surface area contributed by atoms with E-state index in [0.717, 1.165) is 18.7 Å². The Bertz CT molecular complexity index is 543. The van der Waals surface area contributed by atoms with Crippen molar-refractivity contribution in [3.05, 3.63) is 42.2 Å². The Balaban J connectivity index is 1.97. The molecule has 7 heteroatoms. The van der Waals surface area contributed by atoms with E-state index in [1.54, 1.807) is 6.08 Å². The molecule has 1 heterocycles. The quantitative estimate of drug-likeness (QED) is 0.687. The van der Waals surface area contributed by atoms with Gasteiger partial charge in [0.05, 0.1) is 5.69 Å². The number of nitrogens with one attached hydrogen (secondary N) is 1. The molecule has 1 fully saturated rings. The van der Waals surface area contributed by atoms with Crippen LogP contribution in [0.3, 0.4) is 0 Å². The Labute approximate surface area is 120 Å². The second-order valence-electron chi connectivity index (χ2n) is 4.73. The Hall–Kier alpha value is -2.02. The van der Waals surface area contributed by atoms with Crippen LogP contribution in [-0.4, -0.2) is 48.6 Å². The number of urea groups is 1. The van der Waals surface area contributed by atoms with Crippen molar-refractivity contribution >= 4 is 11.7 Å². The van der Waals surface area contributed by atoms with Gasteiger partial charge in [-0.05, 0) is 12.1 Å². The van der Waals surface area contributed by atoms with Gasteiger partial charge in [-0.3, -0.25) is 4.90 Å². The highest BCUT2D eigenvalue weighted by atomic mass is 19.2. The van der Waals surface area contributed by atoms with E-state index < -0.39 is 23.5 Å². The van der Waals surface area contributed by atoms with Crippen LogP contribution in [0, 0.1) is 17.5 Å². The largest absolute Gasteiger partial charge is 0.322 e. The van der Waals surface area contributed by atoms with Gasteiger partial charge in [0.1, 0.15) is 0 Å². The lowest BCUT2D eigenvalue weighted by atomic mass is 10.2. The maximum absolute atomic E-state index is 13.5. The predicted molar refractivity (Wildman–Crippen MR) is 73.5 cm³/mol. The maximum Gasteiger partial charge on any atom is 0.322 e. The zero-order valence-corrected chi connectivity index (χ0v) is 11.4. The highest BCUT2D eigenvalue weighted by molar-refractivity contribution is 5.89. The lowest BCUT2D eigenvalue weighted by Gasteiger charge is -2.34. The number of nitrogens with zero attached hydrogens (tertiary/aromatic N) is 2. The first-order chi connectivity index (χ1) is 10.0. The molecule has 4 nitrogen and oxygen atoms in total. The topological polar surface area (TPSA) is 35.6 Å². The average molecular weight is 299 g/mol. The van der Waals surface area contributed by atoms with Gasteiger partial charge in [-0.25, -0.2) is 18.0 Å². The second-order valence-corrected chi connectivity index (χ2v) is 4.73. The minimum Gasteiger partial charge on any atom is -0.322 e. The summed E-state index contributed by atoms with van der Waals surface area (Å²) < 4.78 is 39.4. The fourth-order valence-electron chi connectivity index (χ4n) is 2.13. The Kier molecular flexibility index (Phi) is 4.85. The first kappa shape index (κ1) is 15.4. The summed E-state index contributed by atoms with van der Waals surface area (Å²) in [6, 6.07) is 1.24. The summed E-state index contributed by atoms with van der Waals surface area (Å²) in [6.45, 7) is 6.71. The summed E-state index contributed by atoms with van der Waals surface area (Å²) in [5, 5.41) is 2.26. The molecule has 1 aliphatic heterocycles. The van der Waals surface area contributed by atoms with E-state index in [1.165, 1.54) is 4.90 Å². The summed E-state index contributed by atoms with van der Waals surface area (Å²) in [6.07, 6.45) is 1.78. The van der Waals surface area contributed by atoms with Crippen LogP contribution in [0.4, 0.5) is 23.7 Å². The fourth-order valence-corrected chi connectivity index (χ4v) is 2.13. The van der Waals surface area contributed by atoms with Crippen LogP contribution < -0.4 is 5.32 Å². The lowest BCUT2D eigenvalue weighted by Crippen LogP contribution is -2.50. The number of halogens is 3. The maximum atomic E-state index is 13.5. The molecule has 1 N–H and O–H groups in total. The molecule has 1 saturated heterocycles. The number of piperazine rings is 1. The van der Waals surface area contributed by atoms with Gasteiger partial charge in [0.15, 0.2) is 17.5 Å². The van der Waals surface area contributed by atoms with Gasteiger partial charge in [0.2, 0.25) is 0 Å². The smallest absolute Gasteiger partial charge is 0.322 e. The number of hydrogen-bond donors (Lipinski definition) is 1. The monoisotopic (exact) mass is 299 g/mol. The van der Waals surface area contributed by atoms with E-state index in [0.29, 0.717) is 26.2 Å². The summed E-state index contributed by atoms with van der Waals surface area (Å²) in [4.78, 5) is 15.6. The molecule has 0 aromatic heterocycles. The fraction of sp³-hybridized carbons (Fsp3) is 0.357. The molecular formula is C14H16F3N3O. The summed E-state index contributed by atoms with van der Waals surface area (Å²) in [5.41, 5.74) is -0.368. The van der Waals surface area contributed by atoms with Crippen LogP contribution in [0.5, 0.6) is 0 Å². The van der Waals surface area contributed by atoms with Crippen LogP contribution in [-0.2, 0) is 0 Å². The summed E-state index contributed by atoms with van der Waals surface area (Å²) in [5.74, 6) is -4.28. The third kappa shape index (κ3) is 3.55. The normalized spacial score (nSPS) is 15.9. The number of benzene rings is 1. The summed E-state index contributed by atoms with van der Waals surface area (Å²) in [7, 11) is 0. The van der Waals surface area contributed by atoms with E-state index in [2.05, 4.69) is 16.8 Å². The third-order valence-corrected chi connectivity index (χ3v) is 3.32. The molecule has 0 bridgehead atoms. The molecular weight excluding hydrogens is 283 g/mol. The van der Waals surface area contributed by atoms with Crippen molar-refractivity contribution in [3.63, 3.8) is 0 Å². The van der Waals surface area contributed by atoms with E-state index in [1.807, 2.05) is 0 Å². The molecule has 1 aromatic carbocycles. The molecule has 0 spiro atoms. The zero-order chi connectivity index (χ0) is 15.4. The molecule has 1 aliphatic rings. The predicted octanol–water partition coefficient (Wildman–Crippen LogP) is 2.44. The van der Waals surface area contributed by atoms with Crippen molar-refractivity contribution in [2.45, 2.75) is 0 Å². The van der Waals surface area contributed by atoms with Crippen LogP contribution in [0.2, 0.25) is 0 Å². The minimum absolute atomic E-state index is 0.368. The second kappa shape index (κ2) is 6.62. The van der Waals surface area contributed by atoms with Crippen molar-refractivity contribution in [1.82, 2.24) is 9.80 Å². The number of amides is 2. The molecule has 0 unspecified atom stereocenters. The van der Waals surface area contributed by atoms with Crippen LogP contribution in [0.25, 0.3) is 0 Å². The first-order valence-corrected chi connectivity index (χ1v) is 6.55. The van der Waals surface area contributed by atoms with E-state index in [9.17, 15) is 18.0 Å². The molecule has 0 saturated carbocycles. The molecule has 0 atom stereocenters. The van der Waals surface area contributed by atoms with E-state index in [4.69, 9.17) is 0 Å². The molecule has 21 heavy (non-hydrogen) atoms. The Morgan fingerprint density at radius 3 is 2.48 bits per heavy atom. The molecule has 0 radical (unpaired) electrons. The van der Waals surface area contributed by atoms with Crippen LogP contribution in [0.15, 0.2) is 24.8 Å². The number of carbonyl (C=O) groups excluding carboxylic acids is 1. The standard InChI is InChI=1S/C14H16F3N3O/c1-2-5-19-6-8-20(9-7-19)14(21)18-11-4-3-10(15)12(16)13(11)17/h2-4H,1,5-9H2,(H,18,21). The van der Waals surface area contributed by atoms with Crippen molar-refractivity contribution in [2.24, 2.45) is 0 Å². The van der Waals surface area contributed by atoms with Gasteiger partial charge in [0, 0.05) is 32.7 Å². The number of hydrogen-bond acceptors (Lipinski definition) is 2. The number of anilines is 1. The molecule has 2 rings (SSSR count). The van der Waals surface area contributed by atoms with E-state index >= 15 is 0 Å². The van der Waals surface area contributed by atoms with Crippen molar-refractivity contribution < 1.29 is 18.0 Å². The summed E-state index contributed by atoms with van der Waals surface area (Å²) >= 11 is 0. The van der Waals surface area contributed by atoms with Gasteiger partial charge < -0.3 is 10.2 Å². The van der Waals surface area contributed by atoms with Crippen molar-refractivity contribution in [2.75, 3.05) is 38.0 Å². The molecule has 0 aliphatic carbocycles. The Morgan fingerprint density at radius 2 is 1.86 bits per heavy atom. The Morgan fingerprint density at radius 1 is 1.19 bits per heavy atom. The molecule has 2 amide bonds. The van der Waals surface area contributed by atoms with Gasteiger partial charge >= 0.3 is 6.03 Å². The van der Waals surface area contributed by atoms with E-state index in [-0.39, 0.29) is 5.69 Å². The molecule has 1 aromatic rings. The SMILES string of the molecule is C=CCN1CCN(C(=O)Nc2ccc(F)c(F)c2F)CC1. The highest BCUT2D eigenvalue weighted by Crippen LogP contribution is 2.20. The average Bonchev–Trinajstić information content (AvgIpc) is 2.49. The van der Waals surface area contributed by atoms with Crippen molar-refractivity contribution in [3.8, 4) is 0 Å². The number of rotatable bonds is 3. The van der Waals surface area contributed by atoms with Gasteiger partial charge in [-0.2, -0.15) is 0 Å². The third-order valence-electron chi connectivity index (χ3n) is 3.32. The van der Waals surface area contributed by atoms with Gasteiger partial charge in [-0.1, -0.05) is 6.08 Å². The van der Waals surface area contributed by atoms with Crippen LogP contribution in [0.1, 0.15) is 0 Å².